The van der Waals surface area contributed by atoms with Gasteiger partial charge in [-0.05, 0) is 61.8 Å². The predicted molar refractivity (Wildman–Crippen MR) is 84.8 cm³/mol. The van der Waals surface area contributed by atoms with Gasteiger partial charge in [-0.1, -0.05) is 18.6 Å². The Balaban J connectivity index is 1.52. The van der Waals surface area contributed by atoms with Crippen molar-refractivity contribution in [3.05, 3.63) is 29.8 Å². The van der Waals surface area contributed by atoms with Gasteiger partial charge >= 0.3 is 0 Å². The van der Waals surface area contributed by atoms with Gasteiger partial charge < -0.3 is 14.8 Å². The minimum absolute atomic E-state index is 0.520. The normalized spacial score (nSPS) is 24.3. The molecule has 116 valence electrons. The SMILES string of the molecule is COc1cccc(CCNC2CCCC23CCOCC3)c1. The summed E-state index contributed by atoms with van der Waals surface area (Å²) in [7, 11) is 1.73. The molecule has 1 aliphatic heterocycles. The number of ether oxygens (including phenoxy) is 2. The van der Waals surface area contributed by atoms with Crippen molar-refractivity contribution in [3.8, 4) is 5.75 Å². The second kappa shape index (κ2) is 6.80. The van der Waals surface area contributed by atoms with Crippen molar-refractivity contribution in [1.29, 1.82) is 0 Å². The fraction of sp³-hybridized carbons (Fsp3) is 0.667. The van der Waals surface area contributed by atoms with E-state index in [1.54, 1.807) is 7.11 Å². The van der Waals surface area contributed by atoms with Crippen LogP contribution in [-0.4, -0.2) is 32.9 Å². The quantitative estimate of drug-likeness (QED) is 0.903. The lowest BCUT2D eigenvalue weighted by molar-refractivity contribution is 0.00456. The maximum absolute atomic E-state index is 5.56. The minimum atomic E-state index is 0.520. The van der Waals surface area contributed by atoms with E-state index in [1.807, 2.05) is 6.07 Å². The van der Waals surface area contributed by atoms with Crippen molar-refractivity contribution in [2.45, 2.75) is 44.6 Å². The Hall–Kier alpha value is -1.06. The molecule has 1 saturated carbocycles. The average Bonchev–Trinajstić information content (AvgIpc) is 2.90. The first kappa shape index (κ1) is 14.9. The third-order valence-corrected chi connectivity index (χ3v) is 5.33. The molecule has 0 radical (unpaired) electrons. The number of methoxy groups -OCH3 is 1. The maximum Gasteiger partial charge on any atom is 0.119 e. The van der Waals surface area contributed by atoms with E-state index in [9.17, 15) is 0 Å². The molecule has 3 rings (SSSR count). The molecule has 1 aromatic rings. The number of benzene rings is 1. The second-order valence-corrected chi connectivity index (χ2v) is 6.48. The third-order valence-electron chi connectivity index (χ3n) is 5.33. The summed E-state index contributed by atoms with van der Waals surface area (Å²) >= 11 is 0. The first-order chi connectivity index (χ1) is 10.3. The van der Waals surface area contributed by atoms with Gasteiger partial charge in [0, 0.05) is 19.3 Å². The van der Waals surface area contributed by atoms with Crippen LogP contribution < -0.4 is 10.1 Å². The zero-order valence-corrected chi connectivity index (χ0v) is 13.1. The molecule has 1 atom stereocenters. The molecule has 0 amide bonds. The Morgan fingerprint density at radius 2 is 2.14 bits per heavy atom. The summed E-state index contributed by atoms with van der Waals surface area (Å²) in [5, 5.41) is 3.83. The summed E-state index contributed by atoms with van der Waals surface area (Å²) in [5.41, 5.74) is 1.87. The third kappa shape index (κ3) is 3.41. The average molecular weight is 289 g/mol. The van der Waals surface area contributed by atoms with Crippen molar-refractivity contribution in [1.82, 2.24) is 5.32 Å². The Kier molecular flexibility index (Phi) is 4.81. The van der Waals surface area contributed by atoms with Crippen LogP contribution in [-0.2, 0) is 11.2 Å². The van der Waals surface area contributed by atoms with Crippen molar-refractivity contribution >= 4 is 0 Å². The van der Waals surface area contributed by atoms with Gasteiger partial charge in [-0.15, -0.1) is 0 Å². The molecule has 1 spiro atoms. The highest BCUT2D eigenvalue weighted by Crippen LogP contribution is 2.45. The molecule has 1 aromatic carbocycles. The van der Waals surface area contributed by atoms with E-state index >= 15 is 0 Å². The topological polar surface area (TPSA) is 30.5 Å². The summed E-state index contributed by atoms with van der Waals surface area (Å²) in [6, 6.07) is 9.09. The minimum Gasteiger partial charge on any atom is -0.497 e. The molecule has 1 N–H and O–H groups in total. The first-order valence-corrected chi connectivity index (χ1v) is 8.26. The van der Waals surface area contributed by atoms with Crippen LogP contribution >= 0.6 is 0 Å². The maximum atomic E-state index is 5.56. The molecule has 2 fully saturated rings. The number of rotatable bonds is 5. The summed E-state index contributed by atoms with van der Waals surface area (Å²) in [4.78, 5) is 0. The predicted octanol–water partition coefficient (Wildman–Crippen LogP) is 3.18. The van der Waals surface area contributed by atoms with Gasteiger partial charge in [0.05, 0.1) is 7.11 Å². The molecule has 1 saturated heterocycles. The van der Waals surface area contributed by atoms with Crippen LogP contribution in [0.25, 0.3) is 0 Å². The van der Waals surface area contributed by atoms with Gasteiger partial charge in [-0.3, -0.25) is 0 Å². The zero-order valence-electron chi connectivity index (χ0n) is 13.1. The van der Waals surface area contributed by atoms with Crippen LogP contribution in [0.3, 0.4) is 0 Å². The van der Waals surface area contributed by atoms with Gasteiger partial charge in [0.25, 0.3) is 0 Å². The van der Waals surface area contributed by atoms with Crippen molar-refractivity contribution < 1.29 is 9.47 Å². The van der Waals surface area contributed by atoms with Crippen LogP contribution in [0.15, 0.2) is 24.3 Å². The zero-order chi connectivity index (χ0) is 14.5. The fourth-order valence-corrected chi connectivity index (χ4v) is 4.05. The molecular weight excluding hydrogens is 262 g/mol. The number of nitrogens with one attached hydrogen (secondary N) is 1. The summed E-state index contributed by atoms with van der Waals surface area (Å²) in [6.45, 7) is 2.96. The van der Waals surface area contributed by atoms with E-state index in [1.165, 1.54) is 37.7 Å². The molecule has 3 heteroatoms. The van der Waals surface area contributed by atoms with Crippen LogP contribution in [0, 0.1) is 5.41 Å². The standard InChI is InChI=1S/C18H27NO2/c1-20-16-5-2-4-15(14-16)7-11-19-17-6-3-8-18(17)9-12-21-13-10-18/h2,4-5,14,17,19H,3,6-13H2,1H3. The van der Waals surface area contributed by atoms with Crippen LogP contribution in [0.1, 0.15) is 37.7 Å². The molecule has 1 unspecified atom stereocenters. The second-order valence-electron chi connectivity index (χ2n) is 6.48. The Morgan fingerprint density at radius 3 is 2.95 bits per heavy atom. The van der Waals surface area contributed by atoms with Crippen molar-refractivity contribution in [2.75, 3.05) is 26.9 Å². The summed E-state index contributed by atoms with van der Waals surface area (Å²) in [5.74, 6) is 0.953. The summed E-state index contributed by atoms with van der Waals surface area (Å²) in [6.07, 6.45) is 7.63. The highest BCUT2D eigenvalue weighted by Gasteiger charge is 2.43. The molecule has 2 aliphatic rings. The van der Waals surface area contributed by atoms with Crippen molar-refractivity contribution in [3.63, 3.8) is 0 Å². The lowest BCUT2D eigenvalue weighted by atomic mass is 9.75. The van der Waals surface area contributed by atoms with Gasteiger partial charge in [-0.25, -0.2) is 0 Å². The first-order valence-electron chi connectivity index (χ1n) is 8.26. The van der Waals surface area contributed by atoms with E-state index in [-0.39, 0.29) is 0 Å². The van der Waals surface area contributed by atoms with Gasteiger partial charge in [-0.2, -0.15) is 0 Å². The Morgan fingerprint density at radius 1 is 1.29 bits per heavy atom. The summed E-state index contributed by atoms with van der Waals surface area (Å²) < 4.78 is 10.9. The lowest BCUT2D eigenvalue weighted by Crippen LogP contribution is -2.45. The molecule has 1 aliphatic carbocycles. The van der Waals surface area contributed by atoms with E-state index in [2.05, 4.69) is 23.5 Å². The molecule has 1 heterocycles. The largest absolute Gasteiger partial charge is 0.497 e. The van der Waals surface area contributed by atoms with Gasteiger partial charge in [0.2, 0.25) is 0 Å². The lowest BCUT2D eigenvalue weighted by Gasteiger charge is -2.39. The smallest absolute Gasteiger partial charge is 0.119 e. The molecule has 0 aromatic heterocycles. The Bertz CT molecular complexity index is 454. The number of hydrogen-bond acceptors (Lipinski definition) is 3. The monoisotopic (exact) mass is 289 g/mol. The number of hydrogen-bond donors (Lipinski definition) is 1. The van der Waals surface area contributed by atoms with Crippen LogP contribution in [0.5, 0.6) is 5.75 Å². The Labute approximate surface area is 128 Å². The van der Waals surface area contributed by atoms with Crippen LogP contribution in [0.4, 0.5) is 0 Å². The molecular formula is C18H27NO2. The van der Waals surface area contributed by atoms with Gasteiger partial charge in [0.15, 0.2) is 0 Å². The van der Waals surface area contributed by atoms with Crippen LogP contribution in [0.2, 0.25) is 0 Å². The van der Waals surface area contributed by atoms with E-state index in [0.29, 0.717) is 11.5 Å². The molecule has 21 heavy (non-hydrogen) atoms. The van der Waals surface area contributed by atoms with E-state index in [4.69, 9.17) is 9.47 Å². The highest BCUT2D eigenvalue weighted by molar-refractivity contribution is 5.28. The molecule has 3 nitrogen and oxygen atoms in total. The van der Waals surface area contributed by atoms with E-state index < -0.39 is 0 Å². The highest BCUT2D eigenvalue weighted by atomic mass is 16.5. The molecule has 0 bridgehead atoms. The fourth-order valence-electron chi connectivity index (χ4n) is 4.05. The van der Waals surface area contributed by atoms with E-state index in [0.717, 1.165) is 31.9 Å². The van der Waals surface area contributed by atoms with Gasteiger partial charge in [0.1, 0.15) is 5.75 Å². The van der Waals surface area contributed by atoms with Crippen molar-refractivity contribution in [2.24, 2.45) is 5.41 Å².